The van der Waals surface area contributed by atoms with Crippen molar-refractivity contribution in [2.45, 2.75) is 19.4 Å². The molecule has 0 radical (unpaired) electrons. The van der Waals surface area contributed by atoms with Crippen LogP contribution in [0.2, 0.25) is 5.02 Å². The molecule has 2 heterocycles. The molecule has 1 aromatic heterocycles. The van der Waals surface area contributed by atoms with Gasteiger partial charge in [-0.05, 0) is 37.3 Å². The summed E-state index contributed by atoms with van der Waals surface area (Å²) < 4.78 is 5.51. The molecule has 0 spiro atoms. The Hall–Kier alpha value is -2.90. The standard InChI is InChI=1S/C20H16ClN3O3S/c1-11-19(26)24-16-8-14(6-7-17(16)27-11)22-18(25)9-15-10-28-20(23-15)12-2-4-13(21)5-3-12/h2-8,10-11H,9H2,1H3,(H,22,25)(H,24,26)/t11-/m0/s1. The van der Waals surface area contributed by atoms with Gasteiger partial charge >= 0.3 is 0 Å². The van der Waals surface area contributed by atoms with Gasteiger partial charge in [0, 0.05) is 21.7 Å². The highest BCUT2D eigenvalue weighted by Crippen LogP contribution is 2.32. The maximum atomic E-state index is 12.4. The molecule has 4 rings (SSSR count). The normalized spacial score (nSPS) is 15.4. The molecule has 0 fully saturated rings. The Labute approximate surface area is 170 Å². The number of aromatic nitrogens is 1. The van der Waals surface area contributed by atoms with Gasteiger partial charge in [-0.1, -0.05) is 23.7 Å². The minimum Gasteiger partial charge on any atom is -0.479 e. The first-order chi connectivity index (χ1) is 13.5. The predicted octanol–water partition coefficient (Wildman–Crippen LogP) is 4.36. The Morgan fingerprint density at radius 2 is 2.07 bits per heavy atom. The lowest BCUT2D eigenvalue weighted by Gasteiger charge is -2.23. The number of nitrogens with zero attached hydrogens (tertiary/aromatic N) is 1. The lowest BCUT2D eigenvalue weighted by molar-refractivity contribution is -0.122. The summed E-state index contributed by atoms with van der Waals surface area (Å²) in [6.07, 6.45) is -0.381. The first kappa shape index (κ1) is 18.5. The maximum Gasteiger partial charge on any atom is 0.265 e. The number of carbonyl (C=O) groups excluding carboxylic acids is 2. The van der Waals surface area contributed by atoms with Crippen molar-refractivity contribution in [3.8, 4) is 16.3 Å². The second-order valence-corrected chi connectivity index (χ2v) is 7.63. The average Bonchev–Trinajstić information content (AvgIpc) is 3.12. The van der Waals surface area contributed by atoms with Gasteiger partial charge < -0.3 is 15.4 Å². The molecule has 0 aliphatic carbocycles. The minimum atomic E-state index is -0.535. The second kappa shape index (κ2) is 7.61. The molecule has 0 saturated carbocycles. The summed E-state index contributed by atoms with van der Waals surface area (Å²) in [5, 5.41) is 8.96. The van der Waals surface area contributed by atoms with E-state index >= 15 is 0 Å². The third-order valence-corrected chi connectivity index (χ3v) is 5.37. The summed E-state index contributed by atoms with van der Waals surface area (Å²) in [4.78, 5) is 28.6. The Bertz CT molecular complexity index is 1050. The predicted molar refractivity (Wildman–Crippen MR) is 110 cm³/mol. The molecule has 142 valence electrons. The lowest BCUT2D eigenvalue weighted by Crippen LogP contribution is -2.34. The SMILES string of the molecule is C[C@@H]1Oc2ccc(NC(=O)Cc3csc(-c4ccc(Cl)cc4)n3)cc2NC1=O. The van der Waals surface area contributed by atoms with Gasteiger partial charge in [-0.25, -0.2) is 4.98 Å². The fourth-order valence-corrected chi connectivity index (χ4v) is 3.72. The van der Waals surface area contributed by atoms with Gasteiger partial charge in [-0.15, -0.1) is 11.3 Å². The summed E-state index contributed by atoms with van der Waals surface area (Å²) in [6.45, 7) is 1.68. The first-order valence-corrected chi connectivity index (χ1v) is 9.85. The monoisotopic (exact) mass is 413 g/mol. The highest BCUT2D eigenvalue weighted by Gasteiger charge is 2.23. The van der Waals surface area contributed by atoms with Crippen molar-refractivity contribution in [1.29, 1.82) is 0 Å². The fraction of sp³-hybridized carbons (Fsp3) is 0.150. The van der Waals surface area contributed by atoms with E-state index in [1.54, 1.807) is 25.1 Å². The zero-order valence-corrected chi connectivity index (χ0v) is 16.4. The molecule has 6 nitrogen and oxygen atoms in total. The van der Waals surface area contributed by atoms with Gasteiger partial charge in [0.1, 0.15) is 10.8 Å². The molecule has 8 heteroatoms. The van der Waals surface area contributed by atoms with Crippen LogP contribution in [0.25, 0.3) is 10.6 Å². The Balaban J connectivity index is 1.42. The third kappa shape index (κ3) is 4.00. The van der Waals surface area contributed by atoms with Crippen molar-refractivity contribution in [2.75, 3.05) is 10.6 Å². The maximum absolute atomic E-state index is 12.4. The van der Waals surface area contributed by atoms with Crippen LogP contribution in [0.1, 0.15) is 12.6 Å². The quantitative estimate of drug-likeness (QED) is 0.665. The summed E-state index contributed by atoms with van der Waals surface area (Å²) in [5.41, 5.74) is 2.77. The van der Waals surface area contributed by atoms with Crippen LogP contribution in [-0.4, -0.2) is 22.9 Å². The number of hydrogen-bond acceptors (Lipinski definition) is 5. The number of halogens is 1. The van der Waals surface area contributed by atoms with Crippen LogP contribution in [0.4, 0.5) is 11.4 Å². The molecule has 2 N–H and O–H groups in total. The topological polar surface area (TPSA) is 80.3 Å². The number of carbonyl (C=O) groups is 2. The second-order valence-electron chi connectivity index (χ2n) is 6.34. The van der Waals surface area contributed by atoms with Crippen molar-refractivity contribution in [1.82, 2.24) is 4.98 Å². The van der Waals surface area contributed by atoms with Crippen molar-refractivity contribution >= 4 is 46.1 Å². The van der Waals surface area contributed by atoms with Crippen molar-refractivity contribution in [3.05, 3.63) is 58.6 Å². The van der Waals surface area contributed by atoms with E-state index in [-0.39, 0.29) is 18.2 Å². The summed E-state index contributed by atoms with van der Waals surface area (Å²) in [5.74, 6) is 0.176. The number of anilines is 2. The van der Waals surface area contributed by atoms with Crippen molar-refractivity contribution in [3.63, 3.8) is 0 Å². The Kier molecular flexibility index (Phi) is 5.02. The van der Waals surface area contributed by atoms with Gasteiger partial charge in [0.15, 0.2) is 6.10 Å². The summed E-state index contributed by atoms with van der Waals surface area (Å²) in [6, 6.07) is 12.6. The van der Waals surface area contributed by atoms with Crippen LogP contribution in [0.15, 0.2) is 47.8 Å². The molecule has 3 aromatic rings. The molecule has 0 unspecified atom stereocenters. The van der Waals surface area contributed by atoms with Gasteiger partial charge in [0.25, 0.3) is 5.91 Å². The minimum absolute atomic E-state index is 0.154. The van der Waals surface area contributed by atoms with Crippen LogP contribution in [-0.2, 0) is 16.0 Å². The highest BCUT2D eigenvalue weighted by molar-refractivity contribution is 7.13. The van der Waals surface area contributed by atoms with E-state index in [0.717, 1.165) is 10.6 Å². The number of hydrogen-bond donors (Lipinski definition) is 2. The molecule has 0 bridgehead atoms. The van der Waals surface area contributed by atoms with Crippen LogP contribution in [0.5, 0.6) is 5.75 Å². The number of benzene rings is 2. The van der Waals surface area contributed by atoms with Gasteiger partial charge in [0.05, 0.1) is 17.8 Å². The third-order valence-electron chi connectivity index (χ3n) is 4.18. The van der Waals surface area contributed by atoms with E-state index in [2.05, 4.69) is 15.6 Å². The molecule has 0 saturated heterocycles. The van der Waals surface area contributed by atoms with Crippen molar-refractivity contribution < 1.29 is 14.3 Å². The zero-order valence-electron chi connectivity index (χ0n) is 14.9. The van der Waals surface area contributed by atoms with Gasteiger partial charge in [0.2, 0.25) is 5.91 Å². The molecule has 1 aliphatic heterocycles. The van der Waals surface area contributed by atoms with Crippen LogP contribution < -0.4 is 15.4 Å². The molecule has 2 aromatic carbocycles. The molecular weight excluding hydrogens is 398 g/mol. The molecule has 1 aliphatic rings. The van der Waals surface area contributed by atoms with Gasteiger partial charge in [-0.2, -0.15) is 0 Å². The number of thiazole rings is 1. The zero-order chi connectivity index (χ0) is 19.7. The number of fused-ring (bicyclic) bond motifs is 1. The van der Waals surface area contributed by atoms with E-state index in [9.17, 15) is 9.59 Å². The number of nitrogens with one attached hydrogen (secondary N) is 2. The fourth-order valence-electron chi connectivity index (χ4n) is 2.77. The van der Waals surface area contributed by atoms with Gasteiger partial charge in [-0.3, -0.25) is 9.59 Å². The molecular formula is C20H16ClN3O3S. The van der Waals surface area contributed by atoms with Crippen LogP contribution in [0, 0.1) is 0 Å². The summed E-state index contributed by atoms with van der Waals surface area (Å²) in [7, 11) is 0. The van der Waals surface area contributed by atoms with E-state index in [4.69, 9.17) is 16.3 Å². The number of amides is 2. The molecule has 28 heavy (non-hydrogen) atoms. The Morgan fingerprint density at radius 1 is 1.29 bits per heavy atom. The average molecular weight is 414 g/mol. The largest absolute Gasteiger partial charge is 0.479 e. The van der Waals surface area contributed by atoms with E-state index in [1.807, 2.05) is 29.6 Å². The van der Waals surface area contributed by atoms with E-state index < -0.39 is 6.10 Å². The van der Waals surface area contributed by atoms with Crippen molar-refractivity contribution in [2.24, 2.45) is 0 Å². The van der Waals surface area contributed by atoms with Crippen LogP contribution >= 0.6 is 22.9 Å². The molecule has 1 atom stereocenters. The van der Waals surface area contributed by atoms with E-state index in [0.29, 0.717) is 27.8 Å². The van der Waals surface area contributed by atoms with Crippen LogP contribution in [0.3, 0.4) is 0 Å². The molecule has 2 amide bonds. The first-order valence-electron chi connectivity index (χ1n) is 8.60. The number of ether oxygens (including phenoxy) is 1. The highest BCUT2D eigenvalue weighted by atomic mass is 35.5. The Morgan fingerprint density at radius 3 is 2.86 bits per heavy atom. The smallest absolute Gasteiger partial charge is 0.265 e. The van der Waals surface area contributed by atoms with E-state index in [1.165, 1.54) is 11.3 Å². The number of rotatable bonds is 4. The lowest BCUT2D eigenvalue weighted by atomic mass is 10.2. The summed E-state index contributed by atoms with van der Waals surface area (Å²) >= 11 is 7.39.